The van der Waals surface area contributed by atoms with Gasteiger partial charge in [-0.05, 0) is 49.8 Å². The van der Waals surface area contributed by atoms with E-state index in [1.807, 2.05) is 0 Å². The molecule has 0 unspecified atom stereocenters. The van der Waals surface area contributed by atoms with Gasteiger partial charge in [0.1, 0.15) is 5.75 Å². The van der Waals surface area contributed by atoms with Crippen molar-refractivity contribution in [3.63, 3.8) is 0 Å². The van der Waals surface area contributed by atoms with E-state index in [0.29, 0.717) is 18.0 Å². The highest BCUT2D eigenvalue weighted by Crippen LogP contribution is 2.26. The summed E-state index contributed by atoms with van der Waals surface area (Å²) in [5.41, 5.74) is 6.03. The van der Waals surface area contributed by atoms with Crippen molar-refractivity contribution in [2.45, 2.75) is 36.7 Å². The Labute approximate surface area is 125 Å². The molecule has 0 heterocycles. The van der Waals surface area contributed by atoms with Crippen molar-refractivity contribution in [1.29, 1.82) is 0 Å². The van der Waals surface area contributed by atoms with Gasteiger partial charge in [-0.25, -0.2) is 13.1 Å². The minimum atomic E-state index is -3.57. The summed E-state index contributed by atoms with van der Waals surface area (Å²) in [6, 6.07) is 4.41. The van der Waals surface area contributed by atoms with Crippen LogP contribution in [0, 0.1) is 5.92 Å². The van der Waals surface area contributed by atoms with Gasteiger partial charge in [0.05, 0.1) is 23.8 Å². The first kappa shape index (κ1) is 16.1. The molecule has 0 bridgehead atoms. The van der Waals surface area contributed by atoms with Gasteiger partial charge in [0, 0.05) is 6.54 Å². The number of nitrogens with two attached hydrogens (primary N) is 1. The van der Waals surface area contributed by atoms with Crippen LogP contribution < -0.4 is 15.2 Å². The third kappa shape index (κ3) is 4.09. The number of sulfonamides is 1. The monoisotopic (exact) mass is 314 g/mol. The zero-order chi connectivity index (χ0) is 15.5. The quantitative estimate of drug-likeness (QED) is 0.707. The fourth-order valence-corrected chi connectivity index (χ4v) is 3.69. The van der Waals surface area contributed by atoms with Gasteiger partial charge in [0.15, 0.2) is 0 Å². The molecule has 0 saturated heterocycles. The lowest BCUT2D eigenvalue weighted by molar-refractivity contribution is 0.109. The summed E-state index contributed by atoms with van der Waals surface area (Å²) in [7, 11) is -2.09. The van der Waals surface area contributed by atoms with Crippen LogP contribution in [-0.2, 0) is 10.0 Å². The van der Waals surface area contributed by atoms with Crippen LogP contribution in [0.25, 0.3) is 0 Å². The Morgan fingerprint density at radius 2 is 2.00 bits per heavy atom. The summed E-state index contributed by atoms with van der Waals surface area (Å²) in [5, 5.41) is 9.45. The zero-order valence-electron chi connectivity index (χ0n) is 12.1. The Morgan fingerprint density at radius 1 is 1.33 bits per heavy atom. The highest BCUT2D eigenvalue weighted by atomic mass is 32.2. The first-order valence-electron chi connectivity index (χ1n) is 7.03. The van der Waals surface area contributed by atoms with Crippen LogP contribution in [0.1, 0.15) is 25.7 Å². The molecule has 2 rings (SSSR count). The van der Waals surface area contributed by atoms with E-state index < -0.39 is 10.0 Å². The Bertz CT molecular complexity index is 581. The summed E-state index contributed by atoms with van der Waals surface area (Å²) < 4.78 is 32.1. The van der Waals surface area contributed by atoms with E-state index in [0.717, 1.165) is 25.7 Å². The fourth-order valence-electron chi connectivity index (χ4n) is 2.54. The number of nitrogens with one attached hydrogen (secondary N) is 1. The molecule has 1 aliphatic rings. The standard InChI is InChI=1S/C14H22N2O4S/c1-20-14-7-6-12(8-13(14)15)21(18,19)16-9-10-2-4-11(17)5-3-10/h6-8,10-11,16-17H,2-5,9,15H2,1H3. The van der Waals surface area contributed by atoms with Crippen molar-refractivity contribution in [2.75, 3.05) is 19.4 Å². The predicted molar refractivity (Wildman–Crippen MR) is 80.6 cm³/mol. The second kappa shape index (κ2) is 6.64. The SMILES string of the molecule is COc1ccc(S(=O)(=O)NCC2CCC(O)CC2)cc1N. The maximum absolute atomic E-state index is 12.2. The molecule has 0 aliphatic heterocycles. The molecule has 1 aliphatic carbocycles. The number of aliphatic hydroxyl groups is 1. The minimum absolute atomic E-state index is 0.136. The molecule has 0 radical (unpaired) electrons. The topological polar surface area (TPSA) is 102 Å². The van der Waals surface area contributed by atoms with E-state index in [2.05, 4.69) is 4.72 Å². The third-order valence-corrected chi connectivity index (χ3v) is 5.31. The van der Waals surface area contributed by atoms with Crippen molar-refractivity contribution < 1.29 is 18.3 Å². The molecule has 1 saturated carbocycles. The molecular weight excluding hydrogens is 292 g/mol. The number of methoxy groups -OCH3 is 1. The normalized spacial score (nSPS) is 23.0. The molecule has 1 fully saturated rings. The lowest BCUT2D eigenvalue weighted by atomic mass is 9.88. The number of hydrogen-bond donors (Lipinski definition) is 3. The molecule has 7 heteroatoms. The van der Waals surface area contributed by atoms with E-state index in [4.69, 9.17) is 10.5 Å². The van der Waals surface area contributed by atoms with Crippen molar-refractivity contribution in [2.24, 2.45) is 5.92 Å². The first-order valence-corrected chi connectivity index (χ1v) is 8.52. The van der Waals surface area contributed by atoms with E-state index in [9.17, 15) is 13.5 Å². The average Bonchev–Trinajstić information content (AvgIpc) is 2.46. The number of ether oxygens (including phenoxy) is 1. The Balaban J connectivity index is 2.00. The molecule has 4 N–H and O–H groups in total. The van der Waals surface area contributed by atoms with E-state index >= 15 is 0 Å². The first-order chi connectivity index (χ1) is 9.92. The third-order valence-electron chi connectivity index (χ3n) is 3.89. The van der Waals surface area contributed by atoms with Gasteiger partial charge in [-0.3, -0.25) is 0 Å². The van der Waals surface area contributed by atoms with E-state index in [-0.39, 0.29) is 16.9 Å². The molecule has 118 valence electrons. The number of hydrogen-bond acceptors (Lipinski definition) is 5. The van der Waals surface area contributed by atoms with Crippen molar-refractivity contribution in [1.82, 2.24) is 4.72 Å². The van der Waals surface area contributed by atoms with E-state index in [1.54, 1.807) is 6.07 Å². The lowest BCUT2D eigenvalue weighted by Gasteiger charge is -2.25. The van der Waals surface area contributed by atoms with Gasteiger partial charge in [0.25, 0.3) is 0 Å². The van der Waals surface area contributed by atoms with Crippen LogP contribution in [0.5, 0.6) is 5.75 Å². The van der Waals surface area contributed by atoms with Crippen LogP contribution in [0.4, 0.5) is 5.69 Å². The van der Waals surface area contributed by atoms with Crippen LogP contribution in [0.3, 0.4) is 0 Å². The zero-order valence-corrected chi connectivity index (χ0v) is 12.9. The van der Waals surface area contributed by atoms with Gasteiger partial charge < -0.3 is 15.6 Å². The summed E-state index contributed by atoms with van der Waals surface area (Å²) >= 11 is 0. The van der Waals surface area contributed by atoms with Crippen LogP contribution in [0.2, 0.25) is 0 Å². The van der Waals surface area contributed by atoms with Gasteiger partial charge in [-0.15, -0.1) is 0 Å². The van der Waals surface area contributed by atoms with Crippen LogP contribution >= 0.6 is 0 Å². The number of benzene rings is 1. The Morgan fingerprint density at radius 3 is 2.57 bits per heavy atom. The summed E-state index contributed by atoms with van der Waals surface area (Å²) in [4.78, 5) is 0.136. The number of nitrogen functional groups attached to an aromatic ring is 1. The molecule has 0 amide bonds. The van der Waals surface area contributed by atoms with Gasteiger partial charge >= 0.3 is 0 Å². The highest BCUT2D eigenvalue weighted by Gasteiger charge is 2.22. The highest BCUT2D eigenvalue weighted by molar-refractivity contribution is 7.89. The molecule has 21 heavy (non-hydrogen) atoms. The Kier molecular flexibility index (Phi) is 5.08. The number of rotatable bonds is 5. The van der Waals surface area contributed by atoms with Crippen LogP contribution in [0.15, 0.2) is 23.1 Å². The fraction of sp³-hybridized carbons (Fsp3) is 0.571. The van der Waals surface area contributed by atoms with Crippen molar-refractivity contribution >= 4 is 15.7 Å². The predicted octanol–water partition coefficient (Wildman–Crippen LogP) is 1.11. The molecule has 1 aromatic carbocycles. The summed E-state index contributed by atoms with van der Waals surface area (Å²) in [5.74, 6) is 0.731. The smallest absolute Gasteiger partial charge is 0.240 e. The molecule has 0 atom stereocenters. The molecule has 0 spiro atoms. The maximum Gasteiger partial charge on any atom is 0.240 e. The molecular formula is C14H22N2O4S. The minimum Gasteiger partial charge on any atom is -0.495 e. The average molecular weight is 314 g/mol. The van der Waals surface area contributed by atoms with Crippen molar-refractivity contribution in [3.8, 4) is 5.75 Å². The second-order valence-corrected chi connectivity index (χ2v) is 7.20. The van der Waals surface area contributed by atoms with E-state index in [1.165, 1.54) is 19.2 Å². The summed E-state index contributed by atoms with van der Waals surface area (Å²) in [6.07, 6.45) is 2.92. The van der Waals surface area contributed by atoms with Crippen LogP contribution in [-0.4, -0.2) is 33.3 Å². The molecule has 1 aromatic rings. The van der Waals surface area contributed by atoms with Crippen molar-refractivity contribution in [3.05, 3.63) is 18.2 Å². The second-order valence-electron chi connectivity index (χ2n) is 5.43. The number of aliphatic hydroxyl groups excluding tert-OH is 1. The maximum atomic E-state index is 12.2. The molecule has 6 nitrogen and oxygen atoms in total. The lowest BCUT2D eigenvalue weighted by Crippen LogP contribution is -2.32. The molecule has 0 aromatic heterocycles. The summed E-state index contributed by atoms with van der Waals surface area (Å²) in [6.45, 7) is 0.390. The Hall–Kier alpha value is -1.31. The van der Waals surface area contributed by atoms with Gasteiger partial charge in [-0.1, -0.05) is 0 Å². The number of anilines is 1. The largest absolute Gasteiger partial charge is 0.495 e. The van der Waals surface area contributed by atoms with Gasteiger partial charge in [0.2, 0.25) is 10.0 Å². The van der Waals surface area contributed by atoms with Gasteiger partial charge in [-0.2, -0.15) is 0 Å².